The summed E-state index contributed by atoms with van der Waals surface area (Å²) >= 11 is 1.22. The van der Waals surface area contributed by atoms with Crippen LogP contribution in [0.1, 0.15) is 40.2 Å². The quantitative estimate of drug-likeness (QED) is 0.288. The molecule has 1 aromatic carbocycles. The Bertz CT molecular complexity index is 1820. The number of nitrogens with one attached hydrogen (secondary N) is 2. The third-order valence-corrected chi connectivity index (χ3v) is 12.2. The predicted octanol–water partition coefficient (Wildman–Crippen LogP) is 4.43. The molecule has 2 N–H and O–H groups in total. The van der Waals surface area contributed by atoms with Crippen molar-refractivity contribution in [1.29, 1.82) is 0 Å². The van der Waals surface area contributed by atoms with E-state index in [-0.39, 0.29) is 40.7 Å². The van der Waals surface area contributed by atoms with Crippen LogP contribution in [0.5, 0.6) is 0 Å². The van der Waals surface area contributed by atoms with E-state index in [2.05, 4.69) is 45.2 Å². The Morgan fingerprint density at radius 1 is 1.19 bits per heavy atom. The van der Waals surface area contributed by atoms with Gasteiger partial charge in [-0.3, -0.25) is 13.6 Å². The van der Waals surface area contributed by atoms with E-state index in [0.29, 0.717) is 56.8 Å². The Morgan fingerprint density at radius 2 is 1.95 bits per heavy atom. The summed E-state index contributed by atoms with van der Waals surface area (Å²) < 4.78 is 36.2. The monoisotopic (exact) mass is 625 g/mol. The molecule has 2 fully saturated rings. The SMILES string of the molecule is C=S(=O)(c1cnc(-c2cc3cnc(Nc4ccc(N5C[C@@H](C)N[C@@H](C)C5)c(F)c4)nc3n(C3CCOC3)c2=O)s1)C(C)C. The number of anilines is 3. The van der Waals surface area contributed by atoms with Crippen molar-refractivity contribution in [2.45, 2.75) is 61.7 Å². The maximum absolute atomic E-state index is 15.3. The molecule has 6 rings (SSSR count). The Kier molecular flexibility index (Phi) is 8.01. The number of fused-ring (bicyclic) bond motifs is 1. The third kappa shape index (κ3) is 5.78. The van der Waals surface area contributed by atoms with Gasteiger partial charge >= 0.3 is 0 Å². The van der Waals surface area contributed by atoms with Gasteiger partial charge in [0.1, 0.15) is 20.7 Å². The largest absolute Gasteiger partial charge is 0.379 e. The Hall–Kier alpha value is -3.39. The number of halogens is 1. The number of thiazole rings is 1. The molecule has 43 heavy (non-hydrogen) atoms. The highest BCUT2D eigenvalue weighted by molar-refractivity contribution is 8.02. The zero-order valence-electron chi connectivity index (χ0n) is 24.7. The van der Waals surface area contributed by atoms with Crippen molar-refractivity contribution < 1.29 is 13.3 Å². The van der Waals surface area contributed by atoms with Crippen molar-refractivity contribution in [3.8, 4) is 10.6 Å². The van der Waals surface area contributed by atoms with Gasteiger partial charge in [0, 0.05) is 63.8 Å². The number of hydrogen-bond acceptors (Lipinski definition) is 10. The molecule has 0 saturated carbocycles. The van der Waals surface area contributed by atoms with Crippen LogP contribution >= 0.6 is 11.3 Å². The summed E-state index contributed by atoms with van der Waals surface area (Å²) in [5.41, 5.74) is 1.63. The Labute approximate surface area is 254 Å². The van der Waals surface area contributed by atoms with Crippen LogP contribution in [0.3, 0.4) is 0 Å². The van der Waals surface area contributed by atoms with Gasteiger partial charge in [-0.05, 0) is 50.4 Å². The summed E-state index contributed by atoms with van der Waals surface area (Å²) in [5, 5.41) is 7.53. The smallest absolute Gasteiger partial charge is 0.262 e. The molecule has 0 radical (unpaired) electrons. The summed E-state index contributed by atoms with van der Waals surface area (Å²) in [6.07, 6.45) is 3.85. The van der Waals surface area contributed by atoms with Crippen LogP contribution in [0.2, 0.25) is 0 Å². The van der Waals surface area contributed by atoms with E-state index in [4.69, 9.17) is 9.72 Å². The molecular weight excluding hydrogens is 590 g/mol. The lowest BCUT2D eigenvalue weighted by molar-refractivity contribution is 0.186. The molecule has 0 spiro atoms. The molecule has 0 aliphatic carbocycles. The van der Waals surface area contributed by atoms with Crippen molar-refractivity contribution in [2.75, 3.05) is 36.5 Å². The second-order valence-corrected chi connectivity index (χ2v) is 15.8. The van der Waals surface area contributed by atoms with E-state index < -0.39 is 9.52 Å². The number of pyridine rings is 1. The van der Waals surface area contributed by atoms with Crippen LogP contribution in [0, 0.1) is 5.82 Å². The lowest BCUT2D eigenvalue weighted by Crippen LogP contribution is -2.54. The summed E-state index contributed by atoms with van der Waals surface area (Å²) in [6, 6.07) is 7.05. The number of hydrogen-bond donors (Lipinski definition) is 2. The van der Waals surface area contributed by atoms with Gasteiger partial charge in [-0.2, -0.15) is 4.98 Å². The van der Waals surface area contributed by atoms with Gasteiger partial charge < -0.3 is 20.3 Å². The number of ether oxygens (including phenoxy) is 1. The summed E-state index contributed by atoms with van der Waals surface area (Å²) in [4.78, 5) is 29.7. The first kappa shape index (κ1) is 29.7. The van der Waals surface area contributed by atoms with Crippen LogP contribution in [0.4, 0.5) is 21.7 Å². The second kappa shape index (κ2) is 11.6. The van der Waals surface area contributed by atoms with Crippen LogP contribution in [0.25, 0.3) is 21.6 Å². The van der Waals surface area contributed by atoms with Crippen molar-refractivity contribution in [1.82, 2.24) is 24.8 Å². The molecule has 2 aliphatic heterocycles. The van der Waals surface area contributed by atoms with E-state index >= 15 is 4.39 Å². The highest BCUT2D eigenvalue weighted by Gasteiger charge is 2.26. The fourth-order valence-electron chi connectivity index (χ4n) is 5.67. The number of benzene rings is 1. The van der Waals surface area contributed by atoms with Crippen LogP contribution in [-0.2, 0) is 14.3 Å². The Morgan fingerprint density at radius 3 is 2.63 bits per heavy atom. The molecule has 0 amide bonds. The molecule has 13 heteroatoms. The van der Waals surface area contributed by atoms with Gasteiger partial charge in [-0.25, -0.2) is 14.4 Å². The fraction of sp³-hybridized carbons (Fsp3) is 0.433. The average Bonchev–Trinajstić information content (AvgIpc) is 3.66. The van der Waals surface area contributed by atoms with Crippen molar-refractivity contribution in [2.24, 2.45) is 0 Å². The number of rotatable bonds is 7. The molecule has 2 unspecified atom stereocenters. The lowest BCUT2D eigenvalue weighted by atomic mass is 10.1. The molecular formula is C30H36FN7O3S2. The molecule has 4 aromatic rings. The average molecular weight is 626 g/mol. The number of nitrogens with zero attached hydrogens (tertiary/aromatic N) is 5. The van der Waals surface area contributed by atoms with E-state index in [1.807, 2.05) is 19.9 Å². The number of piperazine rings is 1. The molecule has 3 aromatic heterocycles. The maximum atomic E-state index is 15.3. The first-order valence-electron chi connectivity index (χ1n) is 14.4. The molecule has 228 valence electrons. The summed E-state index contributed by atoms with van der Waals surface area (Å²) in [5.74, 6) is 3.84. The maximum Gasteiger partial charge on any atom is 0.262 e. The van der Waals surface area contributed by atoms with Gasteiger partial charge in [0.15, 0.2) is 0 Å². The minimum Gasteiger partial charge on any atom is -0.379 e. The highest BCUT2D eigenvalue weighted by Crippen LogP contribution is 2.32. The molecule has 2 aliphatic rings. The van der Waals surface area contributed by atoms with Gasteiger partial charge in [0.05, 0.1) is 30.1 Å². The van der Waals surface area contributed by atoms with Gasteiger partial charge in [-0.1, -0.05) is 13.8 Å². The van der Waals surface area contributed by atoms with Gasteiger partial charge in [-0.15, -0.1) is 11.3 Å². The standard InChI is InChI=1S/C30H36FN7O3S2/c1-17(2)43(5,40)26-13-32-28(42-26)23-10-20-12-33-30(36-27(20)38(29(23)39)22-8-9-41-16-22)35-21-6-7-25(24(31)11-21)37-14-18(3)34-19(4)15-37/h6-7,10-13,17-19,22,34H,5,8-9,14-16H2,1-4H3,(H,33,35,36)/t18-,19+,22?,43?. The minimum absolute atomic E-state index is 0.164. The second-order valence-electron chi connectivity index (χ2n) is 11.6. The lowest BCUT2D eigenvalue weighted by Gasteiger charge is -2.37. The predicted molar refractivity (Wildman–Crippen MR) is 172 cm³/mol. The van der Waals surface area contributed by atoms with E-state index in [9.17, 15) is 9.00 Å². The van der Waals surface area contributed by atoms with Crippen LogP contribution < -0.4 is 21.1 Å². The van der Waals surface area contributed by atoms with Gasteiger partial charge in [0.25, 0.3) is 5.56 Å². The zero-order valence-corrected chi connectivity index (χ0v) is 26.3. The van der Waals surface area contributed by atoms with Crippen molar-refractivity contribution in [3.05, 3.63) is 52.8 Å². The Balaban J connectivity index is 1.35. The van der Waals surface area contributed by atoms with Crippen molar-refractivity contribution in [3.63, 3.8) is 0 Å². The first-order valence-corrected chi connectivity index (χ1v) is 17.0. The van der Waals surface area contributed by atoms with Crippen molar-refractivity contribution >= 4 is 55.1 Å². The van der Waals surface area contributed by atoms with Gasteiger partial charge in [0.2, 0.25) is 5.95 Å². The normalized spacial score (nSPS) is 22.3. The topological polar surface area (TPSA) is 114 Å². The molecule has 4 atom stereocenters. The number of aromatic nitrogens is 4. The zero-order chi connectivity index (χ0) is 30.5. The molecule has 5 heterocycles. The van der Waals surface area contributed by atoms with E-state index in [1.165, 1.54) is 17.4 Å². The molecule has 10 nitrogen and oxygen atoms in total. The first-order chi connectivity index (χ1) is 20.5. The molecule has 0 bridgehead atoms. The summed E-state index contributed by atoms with van der Waals surface area (Å²) in [7, 11) is -2.54. The van der Waals surface area contributed by atoms with Crippen LogP contribution in [0.15, 0.2) is 45.7 Å². The van der Waals surface area contributed by atoms with Crippen LogP contribution in [-0.4, -0.2) is 73.2 Å². The van der Waals surface area contributed by atoms with E-state index in [1.54, 1.807) is 29.1 Å². The summed E-state index contributed by atoms with van der Waals surface area (Å²) in [6.45, 7) is 10.3. The van der Waals surface area contributed by atoms with E-state index in [0.717, 1.165) is 13.1 Å². The highest BCUT2D eigenvalue weighted by atomic mass is 32.2. The fourth-order valence-corrected chi connectivity index (χ4v) is 8.40. The minimum atomic E-state index is -2.54. The third-order valence-electron chi connectivity index (χ3n) is 7.96. The molecule has 2 saturated heterocycles.